The highest BCUT2D eigenvalue weighted by Gasteiger charge is 2.51. The lowest BCUT2D eigenvalue weighted by atomic mass is 9.80. The second-order valence-corrected chi connectivity index (χ2v) is 9.84. The van der Waals surface area contributed by atoms with Gasteiger partial charge in [0, 0.05) is 36.9 Å². The van der Waals surface area contributed by atoms with Crippen LogP contribution in [0.3, 0.4) is 0 Å². The molecule has 0 bridgehead atoms. The topological polar surface area (TPSA) is 85.0 Å². The van der Waals surface area contributed by atoms with Gasteiger partial charge < -0.3 is 24.0 Å². The normalized spacial score (nSPS) is 22.8. The van der Waals surface area contributed by atoms with Gasteiger partial charge in [0.05, 0.1) is 12.2 Å². The molecule has 1 N–H and O–H groups in total. The summed E-state index contributed by atoms with van der Waals surface area (Å²) in [5.74, 6) is -1.43. The summed E-state index contributed by atoms with van der Waals surface area (Å²) in [7, 11) is 1.48. The fraction of sp³-hybridized carbons (Fsp3) is 0.357. The SMILES string of the molecule is Cc1cc(C(=O)N(C)c2ccc(OC(F)(F)F)c(C3=C[C@@]4(CCC(CO)C4c4ccc(F)cc4)OC3)c2)no1. The number of aliphatic hydroxyl groups is 1. The lowest BCUT2D eigenvalue weighted by molar-refractivity contribution is -0.274. The first kappa shape index (κ1) is 26.9. The van der Waals surface area contributed by atoms with E-state index in [1.54, 1.807) is 25.1 Å². The van der Waals surface area contributed by atoms with Crippen molar-refractivity contribution in [2.75, 3.05) is 25.2 Å². The Balaban J connectivity index is 1.55. The first-order valence-electron chi connectivity index (χ1n) is 12.3. The van der Waals surface area contributed by atoms with Gasteiger partial charge in [0.1, 0.15) is 17.3 Å². The first-order valence-corrected chi connectivity index (χ1v) is 12.3. The van der Waals surface area contributed by atoms with Crippen LogP contribution >= 0.6 is 0 Å². The van der Waals surface area contributed by atoms with Gasteiger partial charge in [-0.3, -0.25) is 4.79 Å². The molecule has 2 aromatic carbocycles. The number of anilines is 1. The number of rotatable bonds is 6. The van der Waals surface area contributed by atoms with Gasteiger partial charge in [-0.15, -0.1) is 13.2 Å². The predicted molar refractivity (Wildman–Crippen MR) is 133 cm³/mol. The van der Waals surface area contributed by atoms with Crippen LogP contribution in [-0.2, 0) is 4.74 Å². The van der Waals surface area contributed by atoms with Gasteiger partial charge in [0.2, 0.25) is 0 Å². The average molecular weight is 547 g/mol. The van der Waals surface area contributed by atoms with E-state index < -0.39 is 29.4 Å². The van der Waals surface area contributed by atoms with E-state index in [1.807, 2.05) is 0 Å². The quantitative estimate of drug-likeness (QED) is 0.403. The number of nitrogens with zero attached hydrogens (tertiary/aromatic N) is 2. The Hall–Kier alpha value is -3.70. The first-order chi connectivity index (χ1) is 18.5. The summed E-state index contributed by atoms with van der Waals surface area (Å²) in [6.45, 7) is 1.49. The van der Waals surface area contributed by atoms with Gasteiger partial charge in [-0.1, -0.05) is 17.3 Å². The smallest absolute Gasteiger partial charge is 0.405 e. The Bertz CT molecular complexity index is 1400. The van der Waals surface area contributed by atoms with Crippen LogP contribution < -0.4 is 9.64 Å². The minimum atomic E-state index is -4.94. The average Bonchev–Trinajstić information content (AvgIpc) is 3.62. The number of aliphatic hydroxyl groups excluding tert-OH is 1. The molecule has 2 aliphatic rings. The monoisotopic (exact) mass is 546 g/mol. The molecule has 5 rings (SSSR count). The van der Waals surface area contributed by atoms with Crippen molar-refractivity contribution in [1.29, 1.82) is 0 Å². The summed E-state index contributed by atoms with van der Waals surface area (Å²) in [6.07, 6.45) is -2.03. The van der Waals surface area contributed by atoms with E-state index in [0.29, 0.717) is 29.9 Å². The van der Waals surface area contributed by atoms with Gasteiger partial charge in [0.15, 0.2) is 5.69 Å². The minimum Gasteiger partial charge on any atom is -0.405 e. The van der Waals surface area contributed by atoms with E-state index in [4.69, 9.17) is 9.26 Å². The second kappa shape index (κ2) is 10.1. The fourth-order valence-electron chi connectivity index (χ4n) is 5.57. The molecule has 2 unspecified atom stereocenters. The zero-order valence-electron chi connectivity index (χ0n) is 21.2. The highest BCUT2D eigenvalue weighted by Crippen LogP contribution is 2.54. The molecule has 1 saturated carbocycles. The summed E-state index contributed by atoms with van der Waals surface area (Å²) < 4.78 is 69.1. The molecule has 206 valence electrons. The zero-order valence-corrected chi connectivity index (χ0v) is 21.2. The third-order valence-electron chi connectivity index (χ3n) is 7.36. The molecule has 1 amide bonds. The molecule has 2 heterocycles. The summed E-state index contributed by atoms with van der Waals surface area (Å²) >= 11 is 0. The van der Waals surface area contributed by atoms with E-state index >= 15 is 0 Å². The van der Waals surface area contributed by atoms with Crippen molar-refractivity contribution in [1.82, 2.24) is 5.16 Å². The Labute approximate surface area is 221 Å². The summed E-state index contributed by atoms with van der Waals surface area (Å²) in [4.78, 5) is 14.2. The van der Waals surface area contributed by atoms with Crippen molar-refractivity contribution in [2.24, 2.45) is 5.92 Å². The molecule has 1 spiro atoms. The van der Waals surface area contributed by atoms with E-state index in [9.17, 15) is 27.5 Å². The van der Waals surface area contributed by atoms with E-state index in [1.165, 1.54) is 42.3 Å². The van der Waals surface area contributed by atoms with Crippen molar-refractivity contribution in [3.63, 3.8) is 0 Å². The van der Waals surface area contributed by atoms with E-state index in [0.717, 1.165) is 11.6 Å². The van der Waals surface area contributed by atoms with Crippen molar-refractivity contribution in [3.05, 3.63) is 83.0 Å². The number of ether oxygens (including phenoxy) is 2. The van der Waals surface area contributed by atoms with Crippen LogP contribution in [0.15, 0.2) is 59.1 Å². The van der Waals surface area contributed by atoms with Gasteiger partial charge >= 0.3 is 6.36 Å². The van der Waals surface area contributed by atoms with Crippen LogP contribution in [0.1, 0.15) is 46.1 Å². The van der Waals surface area contributed by atoms with Crippen LogP contribution in [0.5, 0.6) is 5.75 Å². The van der Waals surface area contributed by atoms with Crippen LogP contribution in [-0.4, -0.2) is 48.4 Å². The lowest BCUT2D eigenvalue weighted by Crippen LogP contribution is -2.33. The third-order valence-corrected chi connectivity index (χ3v) is 7.36. The molecule has 1 aliphatic heterocycles. The van der Waals surface area contributed by atoms with Crippen LogP contribution in [0, 0.1) is 18.7 Å². The maximum absolute atomic E-state index is 13.6. The largest absolute Gasteiger partial charge is 0.573 e. The molecule has 1 fully saturated rings. The molecule has 0 radical (unpaired) electrons. The highest BCUT2D eigenvalue weighted by molar-refractivity contribution is 6.04. The van der Waals surface area contributed by atoms with Gasteiger partial charge in [0.25, 0.3) is 5.91 Å². The molecule has 3 aromatic rings. The highest BCUT2D eigenvalue weighted by atomic mass is 19.4. The maximum atomic E-state index is 13.6. The molecular formula is C28H26F4N2O5. The number of hydrogen-bond acceptors (Lipinski definition) is 6. The van der Waals surface area contributed by atoms with Gasteiger partial charge in [-0.25, -0.2) is 4.39 Å². The number of amides is 1. The summed E-state index contributed by atoms with van der Waals surface area (Å²) in [5, 5.41) is 13.8. The number of benzene rings is 2. The molecule has 1 aromatic heterocycles. The third kappa shape index (κ3) is 5.28. The Morgan fingerprint density at radius 3 is 2.59 bits per heavy atom. The molecule has 11 heteroatoms. The Morgan fingerprint density at radius 1 is 1.21 bits per heavy atom. The molecule has 39 heavy (non-hydrogen) atoms. The fourth-order valence-corrected chi connectivity index (χ4v) is 5.57. The van der Waals surface area contributed by atoms with Gasteiger partial charge in [-0.2, -0.15) is 0 Å². The van der Waals surface area contributed by atoms with Crippen molar-refractivity contribution in [3.8, 4) is 5.75 Å². The van der Waals surface area contributed by atoms with Crippen molar-refractivity contribution in [2.45, 2.75) is 37.6 Å². The number of aryl methyl sites for hydroxylation is 1. The summed E-state index contributed by atoms with van der Waals surface area (Å²) in [6, 6.07) is 11.3. The van der Waals surface area contributed by atoms with Crippen LogP contribution in [0.2, 0.25) is 0 Å². The number of alkyl halides is 3. The van der Waals surface area contributed by atoms with Crippen molar-refractivity contribution < 1.29 is 41.5 Å². The summed E-state index contributed by atoms with van der Waals surface area (Å²) in [5.41, 5.74) is 0.771. The van der Waals surface area contributed by atoms with Crippen LogP contribution in [0.25, 0.3) is 5.57 Å². The Kier molecular flexibility index (Phi) is 6.98. The molecular weight excluding hydrogens is 520 g/mol. The standard InChI is InChI=1S/C28H26F4N2O5/c1-16-11-23(33-39-16)26(36)34(2)21-7-8-24(38-28(30,31)32)22(12-21)19-13-27(37-15-19)10-9-18(14-35)25(27)17-3-5-20(29)6-4-17/h3-8,11-13,18,25,35H,9-10,14-15H2,1-2H3/t18?,25?,27-/m1/s1. The number of carbonyl (C=O) groups excluding carboxylic acids is 1. The Morgan fingerprint density at radius 2 is 1.95 bits per heavy atom. The number of aromatic nitrogens is 1. The maximum Gasteiger partial charge on any atom is 0.573 e. The lowest BCUT2D eigenvalue weighted by Gasteiger charge is -2.32. The second-order valence-electron chi connectivity index (χ2n) is 9.84. The van der Waals surface area contributed by atoms with Gasteiger partial charge in [-0.05, 0) is 73.2 Å². The molecule has 0 saturated heterocycles. The van der Waals surface area contributed by atoms with Crippen LogP contribution in [0.4, 0.5) is 23.2 Å². The van der Waals surface area contributed by atoms with Crippen molar-refractivity contribution >= 4 is 17.2 Å². The number of hydrogen-bond donors (Lipinski definition) is 1. The van der Waals surface area contributed by atoms with E-state index in [-0.39, 0.29) is 36.3 Å². The number of carbonyl (C=O) groups is 1. The minimum absolute atomic E-state index is 0.0202. The molecule has 3 atom stereocenters. The number of halogens is 4. The zero-order chi connectivity index (χ0) is 27.9. The molecule has 7 nitrogen and oxygen atoms in total. The predicted octanol–water partition coefficient (Wildman–Crippen LogP) is 5.64. The molecule has 1 aliphatic carbocycles. The van der Waals surface area contributed by atoms with E-state index in [2.05, 4.69) is 9.89 Å².